The van der Waals surface area contributed by atoms with Crippen LogP contribution in [-0.4, -0.2) is 29.9 Å². The molecule has 0 radical (unpaired) electrons. The molecule has 4 N–H and O–H groups in total. The molecule has 1 fully saturated rings. The first-order valence-corrected chi connectivity index (χ1v) is 5.40. The van der Waals surface area contributed by atoms with E-state index >= 15 is 0 Å². The van der Waals surface area contributed by atoms with Gasteiger partial charge in [0, 0.05) is 6.04 Å². The van der Waals surface area contributed by atoms with Crippen LogP contribution in [-0.2, 0) is 9.59 Å². The van der Waals surface area contributed by atoms with Crippen LogP contribution in [0, 0.1) is 0 Å². The zero-order valence-corrected chi connectivity index (χ0v) is 9.25. The smallest absolute Gasteiger partial charge is 0.237 e. The number of carbonyl (C=O) groups excluding carboxylic acids is 2. The van der Waals surface area contributed by atoms with Gasteiger partial charge in [0.1, 0.15) is 0 Å². The van der Waals surface area contributed by atoms with Crippen molar-refractivity contribution in [2.45, 2.75) is 51.2 Å². The van der Waals surface area contributed by atoms with Crippen molar-refractivity contribution in [1.82, 2.24) is 10.6 Å². The van der Waals surface area contributed by atoms with E-state index in [1.54, 1.807) is 6.92 Å². The number of carbonyl (C=O) groups is 2. The van der Waals surface area contributed by atoms with Crippen molar-refractivity contribution in [1.29, 1.82) is 0 Å². The van der Waals surface area contributed by atoms with E-state index in [0.29, 0.717) is 12.5 Å². The van der Waals surface area contributed by atoms with Gasteiger partial charge in [-0.2, -0.15) is 0 Å². The van der Waals surface area contributed by atoms with Crippen LogP contribution in [0.4, 0.5) is 0 Å². The Kier molecular flexibility index (Phi) is 4.08. The molecular weight excluding hydrogens is 194 g/mol. The Bertz CT molecular complexity index is 251. The van der Waals surface area contributed by atoms with Crippen molar-refractivity contribution in [3.8, 4) is 0 Å². The monoisotopic (exact) mass is 213 g/mol. The summed E-state index contributed by atoms with van der Waals surface area (Å²) in [6.45, 7) is 3.59. The summed E-state index contributed by atoms with van der Waals surface area (Å²) in [4.78, 5) is 22.5. The predicted octanol–water partition coefficient (Wildman–Crippen LogP) is -0.493. The molecule has 86 valence electrons. The highest BCUT2D eigenvalue weighted by atomic mass is 16.2. The maximum Gasteiger partial charge on any atom is 0.237 e. The minimum absolute atomic E-state index is 0.0581. The Morgan fingerprint density at radius 3 is 2.47 bits per heavy atom. The summed E-state index contributed by atoms with van der Waals surface area (Å²) in [5.74, 6) is -0.472. The SMILES string of the molecule is CCC(NC(C)C(=O)NC1CC1)C(N)=O. The Balaban J connectivity index is 2.34. The first-order chi connectivity index (χ1) is 7.04. The Morgan fingerprint density at radius 1 is 1.47 bits per heavy atom. The number of nitrogens with one attached hydrogen (secondary N) is 2. The molecule has 0 aromatic heterocycles. The lowest BCUT2D eigenvalue weighted by atomic mass is 10.2. The quantitative estimate of drug-likeness (QED) is 0.556. The fourth-order valence-electron chi connectivity index (χ4n) is 1.33. The first-order valence-electron chi connectivity index (χ1n) is 5.40. The van der Waals surface area contributed by atoms with Gasteiger partial charge in [0.05, 0.1) is 12.1 Å². The summed E-state index contributed by atoms with van der Waals surface area (Å²) in [7, 11) is 0. The van der Waals surface area contributed by atoms with Crippen molar-refractivity contribution in [3.63, 3.8) is 0 Å². The fraction of sp³-hybridized carbons (Fsp3) is 0.800. The van der Waals surface area contributed by atoms with E-state index in [2.05, 4.69) is 10.6 Å². The molecule has 2 amide bonds. The van der Waals surface area contributed by atoms with Crippen molar-refractivity contribution in [2.75, 3.05) is 0 Å². The largest absolute Gasteiger partial charge is 0.368 e. The van der Waals surface area contributed by atoms with Crippen molar-refractivity contribution in [2.24, 2.45) is 5.73 Å². The second-order valence-electron chi connectivity index (χ2n) is 4.03. The van der Waals surface area contributed by atoms with E-state index in [-0.39, 0.29) is 11.9 Å². The van der Waals surface area contributed by atoms with E-state index in [0.717, 1.165) is 12.8 Å². The van der Waals surface area contributed by atoms with Crippen molar-refractivity contribution >= 4 is 11.8 Å². The van der Waals surface area contributed by atoms with Crippen LogP contribution in [0.3, 0.4) is 0 Å². The van der Waals surface area contributed by atoms with Gasteiger partial charge in [0.15, 0.2) is 0 Å². The summed E-state index contributed by atoms with van der Waals surface area (Å²) in [6.07, 6.45) is 2.72. The molecule has 0 aliphatic heterocycles. The molecule has 1 aliphatic rings. The van der Waals surface area contributed by atoms with E-state index in [4.69, 9.17) is 5.73 Å². The van der Waals surface area contributed by atoms with Gasteiger partial charge in [-0.1, -0.05) is 6.92 Å². The predicted molar refractivity (Wildman–Crippen MR) is 57.0 cm³/mol. The number of nitrogens with two attached hydrogens (primary N) is 1. The Hall–Kier alpha value is -1.10. The molecule has 0 aromatic carbocycles. The van der Waals surface area contributed by atoms with Gasteiger partial charge in [-0.3, -0.25) is 14.9 Å². The number of amides is 2. The van der Waals surface area contributed by atoms with Gasteiger partial charge >= 0.3 is 0 Å². The summed E-state index contributed by atoms with van der Waals surface area (Å²) in [5, 5.41) is 5.78. The average molecular weight is 213 g/mol. The van der Waals surface area contributed by atoms with E-state index in [1.165, 1.54) is 0 Å². The van der Waals surface area contributed by atoms with Gasteiger partial charge < -0.3 is 11.1 Å². The maximum absolute atomic E-state index is 11.5. The molecule has 15 heavy (non-hydrogen) atoms. The molecule has 5 nitrogen and oxygen atoms in total. The summed E-state index contributed by atoms with van der Waals surface area (Å²) in [6, 6.07) is -0.455. The molecule has 0 heterocycles. The van der Waals surface area contributed by atoms with Crippen LogP contribution in [0.25, 0.3) is 0 Å². The maximum atomic E-state index is 11.5. The molecule has 0 spiro atoms. The number of hydrogen-bond donors (Lipinski definition) is 3. The summed E-state index contributed by atoms with van der Waals surface area (Å²) < 4.78 is 0. The Labute approximate surface area is 89.8 Å². The second kappa shape index (κ2) is 5.11. The lowest BCUT2D eigenvalue weighted by molar-refractivity contribution is -0.124. The zero-order valence-electron chi connectivity index (χ0n) is 9.25. The molecule has 1 rings (SSSR count). The van der Waals surface area contributed by atoms with Gasteiger partial charge in [0.25, 0.3) is 0 Å². The minimum Gasteiger partial charge on any atom is -0.368 e. The van der Waals surface area contributed by atoms with Crippen LogP contribution >= 0.6 is 0 Å². The lowest BCUT2D eigenvalue weighted by Gasteiger charge is -2.19. The highest BCUT2D eigenvalue weighted by Crippen LogP contribution is 2.18. The molecule has 0 saturated heterocycles. The lowest BCUT2D eigenvalue weighted by Crippen LogP contribution is -2.51. The number of primary amides is 1. The molecule has 5 heteroatoms. The van der Waals surface area contributed by atoms with Crippen LogP contribution < -0.4 is 16.4 Å². The van der Waals surface area contributed by atoms with Crippen LogP contribution in [0.15, 0.2) is 0 Å². The number of rotatable bonds is 6. The summed E-state index contributed by atoms with van der Waals surface area (Å²) in [5.41, 5.74) is 5.18. The van der Waals surface area contributed by atoms with E-state index in [9.17, 15) is 9.59 Å². The minimum atomic E-state index is -0.426. The van der Waals surface area contributed by atoms with Crippen molar-refractivity contribution in [3.05, 3.63) is 0 Å². The van der Waals surface area contributed by atoms with Crippen LogP contribution in [0.1, 0.15) is 33.1 Å². The van der Waals surface area contributed by atoms with Crippen LogP contribution in [0.2, 0.25) is 0 Å². The molecule has 1 saturated carbocycles. The van der Waals surface area contributed by atoms with Gasteiger partial charge in [-0.15, -0.1) is 0 Å². The van der Waals surface area contributed by atoms with E-state index in [1.807, 2.05) is 6.92 Å². The Morgan fingerprint density at radius 2 is 2.07 bits per heavy atom. The van der Waals surface area contributed by atoms with Gasteiger partial charge in [-0.25, -0.2) is 0 Å². The zero-order chi connectivity index (χ0) is 11.4. The highest BCUT2D eigenvalue weighted by molar-refractivity contribution is 5.84. The molecule has 2 atom stereocenters. The topological polar surface area (TPSA) is 84.2 Å². The normalized spacial score (nSPS) is 19.3. The van der Waals surface area contributed by atoms with E-state index < -0.39 is 11.9 Å². The second-order valence-corrected chi connectivity index (χ2v) is 4.03. The third-order valence-electron chi connectivity index (χ3n) is 2.52. The average Bonchev–Trinajstić information content (AvgIpc) is 2.96. The standard InChI is InChI=1S/C10H19N3O2/c1-3-8(9(11)14)12-6(2)10(15)13-7-4-5-7/h6-8,12H,3-5H2,1-2H3,(H2,11,14)(H,13,15). The van der Waals surface area contributed by atoms with Gasteiger partial charge in [-0.05, 0) is 26.2 Å². The molecule has 0 bridgehead atoms. The summed E-state index contributed by atoms with van der Waals surface area (Å²) >= 11 is 0. The molecule has 0 aromatic rings. The van der Waals surface area contributed by atoms with Crippen LogP contribution in [0.5, 0.6) is 0 Å². The highest BCUT2D eigenvalue weighted by Gasteiger charge is 2.27. The molecular formula is C10H19N3O2. The third kappa shape index (κ3) is 3.87. The van der Waals surface area contributed by atoms with Gasteiger partial charge in [0.2, 0.25) is 11.8 Å². The number of hydrogen-bond acceptors (Lipinski definition) is 3. The fourth-order valence-corrected chi connectivity index (χ4v) is 1.33. The van der Waals surface area contributed by atoms with Crippen molar-refractivity contribution < 1.29 is 9.59 Å². The third-order valence-corrected chi connectivity index (χ3v) is 2.52. The molecule has 1 aliphatic carbocycles. The molecule has 2 unspecified atom stereocenters. The first kappa shape index (κ1) is 12.0.